The second-order valence-corrected chi connectivity index (χ2v) is 6.25. The van der Waals surface area contributed by atoms with E-state index in [4.69, 9.17) is 11.5 Å². The molecule has 1 aliphatic rings. The van der Waals surface area contributed by atoms with Gasteiger partial charge in [-0.2, -0.15) is 5.10 Å². The van der Waals surface area contributed by atoms with Crippen molar-refractivity contribution in [2.45, 2.75) is 25.7 Å². The summed E-state index contributed by atoms with van der Waals surface area (Å²) in [6, 6.07) is 12.0. The molecule has 25 heavy (non-hydrogen) atoms. The molecule has 1 aliphatic carbocycles. The number of nitrogens with two attached hydrogens (primary N) is 2. The summed E-state index contributed by atoms with van der Waals surface area (Å²) in [6.07, 6.45) is 6.31. The van der Waals surface area contributed by atoms with E-state index in [1.807, 2.05) is 12.1 Å². The lowest BCUT2D eigenvalue weighted by Crippen LogP contribution is -2.05. The molecule has 0 saturated heterocycles. The number of azo groups is 1. The molecule has 0 amide bonds. The quantitative estimate of drug-likeness (QED) is 0.484. The third-order valence-electron chi connectivity index (χ3n) is 4.70. The zero-order valence-electron chi connectivity index (χ0n) is 13.9. The Balaban J connectivity index is 1.74. The Bertz CT molecular complexity index is 927. The van der Waals surface area contributed by atoms with E-state index >= 15 is 0 Å². The normalized spacial score (nSPS) is 13.9. The summed E-state index contributed by atoms with van der Waals surface area (Å²) in [4.78, 5) is 0. The van der Waals surface area contributed by atoms with Crippen LogP contribution in [-0.4, -0.2) is 10.2 Å². The van der Waals surface area contributed by atoms with Crippen molar-refractivity contribution in [1.82, 2.24) is 10.2 Å². The standard InChI is InChI=1S/C19H20N6/c20-18-15(14-7-3-5-12-4-1-2-6-13(12)14)8-9-16(19(18)21)23-25-17-10-11-22-24-17/h3,5,7-11H,1-2,4,6,20-21H2,(H,22,24). The molecule has 0 saturated carbocycles. The van der Waals surface area contributed by atoms with Crippen molar-refractivity contribution in [1.29, 1.82) is 0 Å². The van der Waals surface area contributed by atoms with Gasteiger partial charge in [-0.25, -0.2) is 0 Å². The highest BCUT2D eigenvalue weighted by Gasteiger charge is 2.17. The zero-order valence-corrected chi connectivity index (χ0v) is 13.9. The molecule has 0 spiro atoms. The van der Waals surface area contributed by atoms with Crippen LogP contribution in [0.4, 0.5) is 22.9 Å². The molecule has 0 bridgehead atoms. The maximum absolute atomic E-state index is 6.35. The first-order valence-corrected chi connectivity index (χ1v) is 8.44. The van der Waals surface area contributed by atoms with Gasteiger partial charge in [0.15, 0.2) is 5.82 Å². The fraction of sp³-hybridized carbons (Fsp3) is 0.211. The van der Waals surface area contributed by atoms with Gasteiger partial charge in [0.25, 0.3) is 0 Å². The second kappa shape index (κ2) is 6.39. The van der Waals surface area contributed by atoms with Crippen molar-refractivity contribution in [2.75, 3.05) is 11.5 Å². The summed E-state index contributed by atoms with van der Waals surface area (Å²) >= 11 is 0. The Morgan fingerprint density at radius 3 is 2.60 bits per heavy atom. The van der Waals surface area contributed by atoms with Crippen LogP contribution in [0, 0.1) is 0 Å². The second-order valence-electron chi connectivity index (χ2n) is 6.25. The van der Waals surface area contributed by atoms with Crippen molar-refractivity contribution in [3.05, 3.63) is 53.7 Å². The van der Waals surface area contributed by atoms with E-state index in [2.05, 4.69) is 38.6 Å². The third-order valence-corrected chi connectivity index (χ3v) is 4.70. The molecule has 2 aromatic carbocycles. The minimum absolute atomic E-state index is 0.453. The molecule has 0 unspecified atom stereocenters. The fourth-order valence-electron chi connectivity index (χ4n) is 3.39. The van der Waals surface area contributed by atoms with E-state index in [1.165, 1.54) is 29.5 Å². The van der Waals surface area contributed by atoms with Crippen LogP contribution in [0.1, 0.15) is 24.0 Å². The molecule has 5 N–H and O–H groups in total. The van der Waals surface area contributed by atoms with Crippen molar-refractivity contribution in [3.8, 4) is 11.1 Å². The Labute approximate surface area is 146 Å². The number of nitrogens with one attached hydrogen (secondary N) is 1. The summed E-state index contributed by atoms with van der Waals surface area (Å²) in [5, 5.41) is 14.8. The number of H-pyrrole nitrogens is 1. The fourth-order valence-corrected chi connectivity index (χ4v) is 3.39. The van der Waals surface area contributed by atoms with E-state index in [0.29, 0.717) is 22.9 Å². The maximum Gasteiger partial charge on any atom is 0.170 e. The first-order valence-electron chi connectivity index (χ1n) is 8.44. The molecule has 1 heterocycles. The number of nitrogens with zero attached hydrogens (tertiary/aromatic N) is 3. The maximum atomic E-state index is 6.35. The summed E-state index contributed by atoms with van der Waals surface area (Å²) in [6.45, 7) is 0. The minimum atomic E-state index is 0.453. The van der Waals surface area contributed by atoms with Gasteiger partial charge in [0.05, 0.1) is 17.6 Å². The number of anilines is 2. The number of benzene rings is 2. The molecule has 0 radical (unpaired) electrons. The largest absolute Gasteiger partial charge is 0.396 e. The van der Waals surface area contributed by atoms with Gasteiger partial charge in [-0.15, -0.1) is 10.2 Å². The lowest BCUT2D eigenvalue weighted by atomic mass is 9.85. The van der Waals surface area contributed by atoms with Gasteiger partial charge in [-0.1, -0.05) is 18.2 Å². The first-order chi connectivity index (χ1) is 12.2. The van der Waals surface area contributed by atoms with E-state index in [1.54, 1.807) is 12.3 Å². The summed E-state index contributed by atoms with van der Waals surface area (Å²) in [5.41, 5.74) is 19.1. The van der Waals surface area contributed by atoms with Crippen molar-refractivity contribution < 1.29 is 0 Å². The molecule has 6 nitrogen and oxygen atoms in total. The Morgan fingerprint density at radius 1 is 0.880 bits per heavy atom. The van der Waals surface area contributed by atoms with Crippen LogP contribution in [0.15, 0.2) is 52.8 Å². The topological polar surface area (TPSA) is 105 Å². The molecule has 0 aliphatic heterocycles. The zero-order chi connectivity index (χ0) is 17.2. The lowest BCUT2D eigenvalue weighted by Gasteiger charge is -2.21. The first kappa shape index (κ1) is 15.4. The van der Waals surface area contributed by atoms with Crippen LogP contribution in [0.2, 0.25) is 0 Å². The number of aromatic nitrogens is 2. The van der Waals surface area contributed by atoms with Crippen LogP contribution >= 0.6 is 0 Å². The molecule has 3 aromatic rings. The lowest BCUT2D eigenvalue weighted by molar-refractivity contribution is 0.687. The molecular weight excluding hydrogens is 312 g/mol. The number of hydrogen-bond donors (Lipinski definition) is 3. The van der Waals surface area contributed by atoms with Crippen LogP contribution in [0.3, 0.4) is 0 Å². The van der Waals surface area contributed by atoms with Gasteiger partial charge in [-0.3, -0.25) is 5.10 Å². The van der Waals surface area contributed by atoms with Gasteiger partial charge in [0.1, 0.15) is 5.69 Å². The highest BCUT2D eigenvalue weighted by molar-refractivity contribution is 5.91. The molecule has 1 aromatic heterocycles. The number of fused-ring (bicyclic) bond motifs is 1. The minimum Gasteiger partial charge on any atom is -0.396 e. The Morgan fingerprint density at radius 2 is 1.76 bits per heavy atom. The van der Waals surface area contributed by atoms with E-state index in [0.717, 1.165) is 18.4 Å². The van der Waals surface area contributed by atoms with E-state index < -0.39 is 0 Å². The van der Waals surface area contributed by atoms with Gasteiger partial charge < -0.3 is 11.5 Å². The SMILES string of the molecule is Nc1c(N=Nc2ccn[nH]2)ccc(-c2cccc3c2CCCC3)c1N. The number of hydrogen-bond acceptors (Lipinski definition) is 5. The van der Waals surface area contributed by atoms with Crippen LogP contribution < -0.4 is 11.5 Å². The van der Waals surface area contributed by atoms with Crippen LogP contribution in [0.25, 0.3) is 11.1 Å². The smallest absolute Gasteiger partial charge is 0.170 e. The monoisotopic (exact) mass is 332 g/mol. The Hall–Kier alpha value is -3.15. The van der Waals surface area contributed by atoms with Crippen LogP contribution in [-0.2, 0) is 12.8 Å². The molecule has 0 atom stereocenters. The predicted molar refractivity (Wildman–Crippen MR) is 100 cm³/mol. The molecule has 6 heteroatoms. The van der Waals surface area contributed by atoms with Gasteiger partial charge >= 0.3 is 0 Å². The number of aryl methyl sites for hydroxylation is 1. The molecule has 4 rings (SSSR count). The summed E-state index contributed by atoms with van der Waals surface area (Å²) in [5.74, 6) is 0.569. The van der Waals surface area contributed by atoms with Crippen molar-refractivity contribution in [3.63, 3.8) is 0 Å². The van der Waals surface area contributed by atoms with Crippen molar-refractivity contribution >= 4 is 22.9 Å². The number of nitrogen functional groups attached to an aromatic ring is 2. The van der Waals surface area contributed by atoms with Gasteiger partial charge in [0.2, 0.25) is 0 Å². The number of rotatable bonds is 3. The highest BCUT2D eigenvalue weighted by Crippen LogP contribution is 2.40. The third kappa shape index (κ3) is 2.87. The molecule has 0 fully saturated rings. The van der Waals surface area contributed by atoms with E-state index in [-0.39, 0.29) is 0 Å². The average Bonchev–Trinajstić information content (AvgIpc) is 3.16. The molecular formula is C19H20N6. The summed E-state index contributed by atoms with van der Waals surface area (Å²) in [7, 11) is 0. The highest BCUT2D eigenvalue weighted by atomic mass is 15.2. The average molecular weight is 332 g/mol. The Kier molecular flexibility index (Phi) is 3.93. The van der Waals surface area contributed by atoms with Gasteiger partial charge in [-0.05, 0) is 54.5 Å². The number of aromatic amines is 1. The van der Waals surface area contributed by atoms with Gasteiger partial charge in [0, 0.05) is 11.6 Å². The van der Waals surface area contributed by atoms with Crippen LogP contribution in [0.5, 0.6) is 0 Å². The summed E-state index contributed by atoms with van der Waals surface area (Å²) < 4.78 is 0. The molecule has 126 valence electrons. The van der Waals surface area contributed by atoms with E-state index in [9.17, 15) is 0 Å². The predicted octanol–water partition coefficient (Wildman–Crippen LogP) is 4.54. The van der Waals surface area contributed by atoms with Crippen molar-refractivity contribution in [2.24, 2.45) is 10.2 Å².